The fraction of sp³-hybridized carbons (Fsp3) is 0.314. The van der Waals surface area contributed by atoms with E-state index in [4.69, 9.17) is 0 Å². The monoisotopic (exact) mass is 568 g/mol. The van der Waals surface area contributed by atoms with Crippen molar-refractivity contribution in [3.63, 3.8) is 0 Å². The van der Waals surface area contributed by atoms with Gasteiger partial charge in [-0.2, -0.15) is 0 Å². The molecule has 5 rings (SSSR count). The molecule has 1 saturated heterocycles. The average molecular weight is 569 g/mol. The molecule has 0 spiro atoms. The summed E-state index contributed by atoms with van der Waals surface area (Å²) in [5.41, 5.74) is 5.46. The minimum absolute atomic E-state index is 0.0286. The lowest BCUT2D eigenvalue weighted by Gasteiger charge is -2.39. The van der Waals surface area contributed by atoms with E-state index in [0.29, 0.717) is 24.7 Å². The predicted molar refractivity (Wildman–Crippen MR) is 165 cm³/mol. The van der Waals surface area contributed by atoms with E-state index < -0.39 is 0 Å². The van der Waals surface area contributed by atoms with Crippen LogP contribution in [0.2, 0.25) is 0 Å². The van der Waals surface area contributed by atoms with E-state index in [0.717, 1.165) is 60.5 Å². The Balaban J connectivity index is 1.30. The van der Waals surface area contributed by atoms with Crippen molar-refractivity contribution in [3.8, 4) is 0 Å². The number of hydrogen-bond donors (Lipinski definition) is 1. The van der Waals surface area contributed by atoms with Gasteiger partial charge < -0.3 is 5.32 Å². The minimum atomic E-state index is -0.280. The van der Waals surface area contributed by atoms with Gasteiger partial charge in [0.05, 0.1) is 11.7 Å². The molecule has 2 heterocycles. The van der Waals surface area contributed by atoms with Crippen molar-refractivity contribution in [1.82, 2.24) is 14.8 Å². The van der Waals surface area contributed by atoms with E-state index in [1.54, 1.807) is 30.5 Å². The molecule has 218 valence electrons. The van der Waals surface area contributed by atoms with E-state index in [2.05, 4.69) is 40.0 Å². The van der Waals surface area contributed by atoms with E-state index >= 15 is 0 Å². The van der Waals surface area contributed by atoms with Crippen LogP contribution >= 0.6 is 0 Å². The normalized spacial score (nSPS) is 14.4. The number of aromatic nitrogens is 1. The second-order valence-electron chi connectivity index (χ2n) is 11.2. The summed E-state index contributed by atoms with van der Waals surface area (Å²) < 4.78 is 27.4. The van der Waals surface area contributed by atoms with Gasteiger partial charge in [0.25, 0.3) is 0 Å². The largest absolute Gasteiger partial charge is 0.381 e. The maximum atomic E-state index is 13.7. The van der Waals surface area contributed by atoms with Crippen LogP contribution < -0.4 is 10.7 Å². The first-order valence-corrected chi connectivity index (χ1v) is 14.7. The smallest absolute Gasteiger partial charge is 0.206 e. The molecule has 0 aliphatic carbocycles. The number of rotatable bonds is 10. The van der Waals surface area contributed by atoms with Crippen LogP contribution in [0.1, 0.15) is 53.8 Å². The van der Waals surface area contributed by atoms with Crippen LogP contribution in [-0.4, -0.2) is 47.5 Å². The number of anilines is 1. The molecule has 1 aliphatic rings. The van der Waals surface area contributed by atoms with Gasteiger partial charge in [0.15, 0.2) is 0 Å². The third-order valence-electron chi connectivity index (χ3n) is 7.95. The van der Waals surface area contributed by atoms with Gasteiger partial charge in [-0.1, -0.05) is 56.3 Å². The summed E-state index contributed by atoms with van der Waals surface area (Å²) in [6.45, 7) is 8.53. The summed E-state index contributed by atoms with van der Waals surface area (Å²) in [7, 11) is 0. The van der Waals surface area contributed by atoms with E-state index in [9.17, 15) is 13.6 Å². The van der Waals surface area contributed by atoms with Crippen LogP contribution in [0.4, 0.5) is 14.5 Å². The molecule has 0 radical (unpaired) electrons. The zero-order chi connectivity index (χ0) is 29.5. The van der Waals surface area contributed by atoms with Crippen molar-refractivity contribution in [1.29, 1.82) is 0 Å². The lowest BCUT2D eigenvalue weighted by molar-refractivity contribution is 0.104. The summed E-state index contributed by atoms with van der Waals surface area (Å²) >= 11 is 0. The standard InChI is InChI=1S/C35H38F2N4O/c1-25(2)28-6-7-29(35(42)33(23-28)39-18-16-32-5-3-4-17-38-32)24-40-19-21-41(22-20-40)34(26-8-12-30(36)13-9-26)27-10-14-31(37)15-11-27/h3-15,17,23,25,34H,16,18-22,24H2,1-2H3,(H,39,42). The molecule has 3 aromatic carbocycles. The van der Waals surface area contributed by atoms with E-state index in [-0.39, 0.29) is 23.1 Å². The Bertz CT molecular complexity index is 1460. The second-order valence-corrected chi connectivity index (χ2v) is 11.2. The number of nitrogens with zero attached hydrogens (tertiary/aromatic N) is 3. The number of piperazine rings is 1. The van der Waals surface area contributed by atoms with Crippen LogP contribution in [0.5, 0.6) is 0 Å². The molecule has 0 saturated carbocycles. The zero-order valence-corrected chi connectivity index (χ0v) is 24.3. The topological polar surface area (TPSA) is 48.5 Å². The molecule has 7 heteroatoms. The van der Waals surface area contributed by atoms with Crippen molar-refractivity contribution in [2.24, 2.45) is 0 Å². The highest BCUT2D eigenvalue weighted by atomic mass is 19.1. The molecule has 4 aromatic rings. The SMILES string of the molecule is CC(C)c1ccc(CN2CCN(C(c3ccc(F)cc3)c3ccc(F)cc3)CC2)c(=O)c(NCCc2ccccn2)c1. The lowest BCUT2D eigenvalue weighted by Crippen LogP contribution is -2.47. The van der Waals surface area contributed by atoms with Gasteiger partial charge in [-0.05, 0) is 65.1 Å². The number of nitrogens with one attached hydrogen (secondary N) is 1. The fourth-order valence-corrected chi connectivity index (χ4v) is 5.54. The van der Waals surface area contributed by atoms with Gasteiger partial charge in [-0.15, -0.1) is 0 Å². The van der Waals surface area contributed by atoms with E-state index in [1.165, 1.54) is 24.3 Å². The quantitative estimate of drug-likeness (QED) is 0.240. The third kappa shape index (κ3) is 7.46. The van der Waals surface area contributed by atoms with Crippen LogP contribution in [0, 0.1) is 11.6 Å². The van der Waals surface area contributed by atoms with Crippen molar-refractivity contribution < 1.29 is 8.78 Å². The summed E-state index contributed by atoms with van der Waals surface area (Å²) in [6.07, 6.45) is 2.52. The van der Waals surface area contributed by atoms with Crippen LogP contribution in [-0.2, 0) is 13.0 Å². The lowest BCUT2D eigenvalue weighted by atomic mass is 9.96. The van der Waals surface area contributed by atoms with Crippen molar-refractivity contribution >= 4 is 5.69 Å². The molecule has 42 heavy (non-hydrogen) atoms. The maximum absolute atomic E-state index is 13.7. The van der Waals surface area contributed by atoms with Gasteiger partial charge in [0, 0.05) is 63.1 Å². The summed E-state index contributed by atoms with van der Waals surface area (Å²) in [5, 5.41) is 3.39. The highest BCUT2D eigenvalue weighted by Crippen LogP contribution is 2.30. The molecular formula is C35H38F2N4O. The fourth-order valence-electron chi connectivity index (χ4n) is 5.54. The highest BCUT2D eigenvalue weighted by Gasteiger charge is 2.27. The van der Waals surface area contributed by atoms with Gasteiger partial charge >= 0.3 is 0 Å². The first-order chi connectivity index (χ1) is 20.4. The van der Waals surface area contributed by atoms with Crippen LogP contribution in [0.3, 0.4) is 0 Å². The van der Waals surface area contributed by atoms with Gasteiger partial charge in [0.2, 0.25) is 5.43 Å². The number of benzene rings is 2. The second kappa shape index (κ2) is 13.8. The number of hydrogen-bond acceptors (Lipinski definition) is 5. The minimum Gasteiger partial charge on any atom is -0.381 e. The number of pyridine rings is 1. The first-order valence-electron chi connectivity index (χ1n) is 14.7. The summed E-state index contributed by atoms with van der Waals surface area (Å²) in [6, 6.07) is 24.9. The Morgan fingerprint density at radius 1 is 0.810 bits per heavy atom. The number of halogens is 2. The van der Waals surface area contributed by atoms with Crippen molar-refractivity contribution in [3.05, 3.63) is 141 Å². The van der Waals surface area contributed by atoms with Gasteiger partial charge in [-0.3, -0.25) is 19.6 Å². The Morgan fingerprint density at radius 3 is 2.00 bits per heavy atom. The van der Waals surface area contributed by atoms with Crippen molar-refractivity contribution in [2.45, 2.75) is 38.8 Å². The Hall–Kier alpha value is -3.94. The molecule has 5 nitrogen and oxygen atoms in total. The highest BCUT2D eigenvalue weighted by molar-refractivity contribution is 5.48. The van der Waals surface area contributed by atoms with Gasteiger partial charge in [0.1, 0.15) is 11.6 Å². The summed E-state index contributed by atoms with van der Waals surface area (Å²) in [5.74, 6) is -0.270. The van der Waals surface area contributed by atoms with E-state index in [1.807, 2.05) is 30.3 Å². The Kier molecular flexibility index (Phi) is 9.72. The van der Waals surface area contributed by atoms with Crippen LogP contribution in [0.25, 0.3) is 0 Å². The molecule has 1 aliphatic heterocycles. The van der Waals surface area contributed by atoms with Gasteiger partial charge in [-0.25, -0.2) is 8.78 Å². The predicted octanol–water partition coefficient (Wildman–Crippen LogP) is 6.41. The van der Waals surface area contributed by atoms with Crippen LogP contribution in [0.15, 0.2) is 95.9 Å². The molecular weight excluding hydrogens is 530 g/mol. The summed E-state index contributed by atoms with van der Waals surface area (Å²) in [4.78, 5) is 22.7. The Labute approximate surface area is 246 Å². The Morgan fingerprint density at radius 2 is 1.43 bits per heavy atom. The first kappa shape index (κ1) is 29.5. The average Bonchev–Trinajstić information content (AvgIpc) is 3.15. The molecule has 0 unspecified atom stereocenters. The zero-order valence-electron chi connectivity index (χ0n) is 24.3. The third-order valence-corrected chi connectivity index (χ3v) is 7.95. The molecule has 1 fully saturated rings. The molecule has 0 amide bonds. The molecule has 0 bridgehead atoms. The maximum Gasteiger partial charge on any atom is 0.206 e. The molecule has 0 atom stereocenters. The molecule has 1 aromatic heterocycles. The molecule has 1 N–H and O–H groups in total. The van der Waals surface area contributed by atoms with Crippen molar-refractivity contribution in [2.75, 3.05) is 38.0 Å².